The molecule has 2 fully saturated rings. The molecule has 1 heterocycles. The highest BCUT2D eigenvalue weighted by atomic mass is 32.2. The van der Waals surface area contributed by atoms with Crippen LogP contribution in [0.25, 0.3) is 0 Å². The predicted octanol–water partition coefficient (Wildman–Crippen LogP) is 2.31. The topological polar surface area (TPSA) is 86.8 Å². The molecule has 0 spiro atoms. The number of para-hydroxylation sites is 1. The zero-order chi connectivity index (χ0) is 20.1. The fourth-order valence-corrected chi connectivity index (χ4v) is 4.58. The van der Waals surface area contributed by atoms with E-state index in [0.717, 1.165) is 12.8 Å². The first-order chi connectivity index (χ1) is 13.4. The summed E-state index contributed by atoms with van der Waals surface area (Å²) >= 11 is 0. The lowest BCUT2D eigenvalue weighted by molar-refractivity contribution is -0.133. The summed E-state index contributed by atoms with van der Waals surface area (Å²) in [7, 11) is -3.46. The zero-order valence-electron chi connectivity index (χ0n) is 16.4. The van der Waals surface area contributed by atoms with E-state index in [4.69, 9.17) is 0 Å². The van der Waals surface area contributed by atoms with E-state index >= 15 is 0 Å². The first kappa shape index (κ1) is 20.6. The molecule has 1 aliphatic heterocycles. The Morgan fingerprint density at radius 3 is 2.29 bits per heavy atom. The van der Waals surface area contributed by atoms with Crippen LogP contribution in [0.3, 0.4) is 0 Å². The second-order valence-corrected chi connectivity index (χ2v) is 9.59. The molecule has 7 nitrogen and oxygen atoms in total. The fourth-order valence-electron chi connectivity index (χ4n) is 3.92. The van der Waals surface area contributed by atoms with Gasteiger partial charge in [0.05, 0.1) is 17.0 Å². The smallest absolute Gasteiger partial charge is 0.256 e. The van der Waals surface area contributed by atoms with E-state index in [2.05, 4.69) is 4.72 Å². The summed E-state index contributed by atoms with van der Waals surface area (Å²) in [5.41, 5.74) is 0.638. The predicted molar refractivity (Wildman–Crippen MR) is 109 cm³/mol. The van der Waals surface area contributed by atoms with Gasteiger partial charge in [0, 0.05) is 32.6 Å². The first-order valence-electron chi connectivity index (χ1n) is 10.1. The molecule has 1 saturated heterocycles. The third kappa shape index (κ3) is 5.04. The van der Waals surface area contributed by atoms with Crippen molar-refractivity contribution in [2.24, 2.45) is 5.92 Å². The van der Waals surface area contributed by atoms with E-state index in [1.165, 1.54) is 12.8 Å². The maximum atomic E-state index is 12.9. The van der Waals surface area contributed by atoms with Gasteiger partial charge in [-0.3, -0.25) is 14.3 Å². The number of piperazine rings is 1. The summed E-state index contributed by atoms with van der Waals surface area (Å²) in [6.07, 6.45) is 5.36. The molecule has 154 valence electrons. The van der Waals surface area contributed by atoms with Gasteiger partial charge in [0.1, 0.15) is 0 Å². The third-order valence-electron chi connectivity index (χ3n) is 5.66. The maximum absolute atomic E-state index is 12.9. The number of amides is 2. The zero-order valence-corrected chi connectivity index (χ0v) is 17.2. The molecule has 1 aliphatic carbocycles. The summed E-state index contributed by atoms with van der Waals surface area (Å²) in [6, 6.07) is 6.65. The average Bonchev–Trinajstić information content (AvgIpc) is 3.21. The summed E-state index contributed by atoms with van der Waals surface area (Å²) in [4.78, 5) is 29.0. The summed E-state index contributed by atoms with van der Waals surface area (Å²) in [5, 5.41) is 0. The van der Waals surface area contributed by atoms with Crippen LogP contribution in [0.4, 0.5) is 5.69 Å². The van der Waals surface area contributed by atoms with Crippen molar-refractivity contribution in [3.8, 4) is 0 Å². The van der Waals surface area contributed by atoms with Crippen LogP contribution in [0.2, 0.25) is 0 Å². The van der Waals surface area contributed by atoms with Gasteiger partial charge >= 0.3 is 0 Å². The number of anilines is 1. The van der Waals surface area contributed by atoms with Gasteiger partial charge in [-0.2, -0.15) is 0 Å². The number of carbonyl (C=O) groups excluding carboxylic acids is 2. The van der Waals surface area contributed by atoms with Crippen molar-refractivity contribution in [1.82, 2.24) is 9.80 Å². The minimum atomic E-state index is -3.46. The molecule has 3 rings (SSSR count). The largest absolute Gasteiger partial charge is 0.339 e. The molecule has 0 atom stereocenters. The van der Waals surface area contributed by atoms with Crippen molar-refractivity contribution in [2.45, 2.75) is 39.0 Å². The number of sulfonamides is 1. The Labute approximate surface area is 167 Å². The molecule has 2 aliphatic rings. The molecule has 1 N–H and O–H groups in total. The molecule has 1 aromatic carbocycles. The number of hydrogen-bond donors (Lipinski definition) is 1. The average molecular weight is 408 g/mol. The van der Waals surface area contributed by atoms with Crippen LogP contribution >= 0.6 is 0 Å². The monoisotopic (exact) mass is 407 g/mol. The van der Waals surface area contributed by atoms with Gasteiger partial charge in [0.15, 0.2) is 0 Å². The molecule has 8 heteroatoms. The van der Waals surface area contributed by atoms with Crippen LogP contribution in [0.15, 0.2) is 24.3 Å². The molecule has 1 saturated carbocycles. The lowest BCUT2D eigenvalue weighted by atomic mass is 10.0. The van der Waals surface area contributed by atoms with E-state index in [1.807, 2.05) is 4.90 Å². The van der Waals surface area contributed by atoms with Gasteiger partial charge in [0.2, 0.25) is 15.9 Å². The quantitative estimate of drug-likeness (QED) is 0.784. The van der Waals surface area contributed by atoms with Crippen LogP contribution in [0.1, 0.15) is 49.4 Å². The van der Waals surface area contributed by atoms with Crippen LogP contribution in [0, 0.1) is 5.92 Å². The van der Waals surface area contributed by atoms with E-state index < -0.39 is 10.0 Å². The minimum Gasteiger partial charge on any atom is -0.339 e. The lowest BCUT2D eigenvalue weighted by Gasteiger charge is -2.35. The Kier molecular flexibility index (Phi) is 6.59. The van der Waals surface area contributed by atoms with Crippen molar-refractivity contribution in [3.63, 3.8) is 0 Å². The standard InChI is InChI=1S/C20H29N3O4S/c1-2-28(26,27)21-18-10-6-5-9-17(18)20(25)23-13-11-22(12-14-23)19(24)15-16-7-3-4-8-16/h5-6,9-10,16,21H,2-4,7-8,11-15H2,1H3. The molecule has 0 unspecified atom stereocenters. The Morgan fingerprint density at radius 2 is 1.64 bits per heavy atom. The van der Waals surface area contributed by atoms with Gasteiger partial charge in [-0.1, -0.05) is 25.0 Å². The van der Waals surface area contributed by atoms with E-state index in [0.29, 0.717) is 49.8 Å². The van der Waals surface area contributed by atoms with Crippen molar-refractivity contribution in [3.05, 3.63) is 29.8 Å². The fraction of sp³-hybridized carbons (Fsp3) is 0.600. The van der Waals surface area contributed by atoms with Crippen molar-refractivity contribution < 1.29 is 18.0 Å². The number of nitrogens with zero attached hydrogens (tertiary/aromatic N) is 2. The molecule has 0 radical (unpaired) electrons. The molecule has 0 bridgehead atoms. The van der Waals surface area contributed by atoms with Crippen molar-refractivity contribution in [2.75, 3.05) is 36.7 Å². The Morgan fingerprint density at radius 1 is 1.04 bits per heavy atom. The lowest BCUT2D eigenvalue weighted by Crippen LogP contribution is -2.50. The highest BCUT2D eigenvalue weighted by Gasteiger charge is 2.28. The molecule has 28 heavy (non-hydrogen) atoms. The first-order valence-corrected chi connectivity index (χ1v) is 11.7. The summed E-state index contributed by atoms with van der Waals surface area (Å²) < 4.78 is 26.3. The minimum absolute atomic E-state index is 0.0582. The molecular weight excluding hydrogens is 378 g/mol. The molecular formula is C20H29N3O4S. The Bertz CT molecular complexity index is 810. The third-order valence-corrected chi connectivity index (χ3v) is 6.95. The Balaban J connectivity index is 1.60. The van der Waals surface area contributed by atoms with Crippen LogP contribution in [-0.2, 0) is 14.8 Å². The Hall–Kier alpha value is -2.09. The van der Waals surface area contributed by atoms with Crippen LogP contribution in [0.5, 0.6) is 0 Å². The van der Waals surface area contributed by atoms with Gasteiger partial charge < -0.3 is 9.80 Å². The number of hydrogen-bond acceptors (Lipinski definition) is 4. The normalized spacial score (nSPS) is 18.3. The van der Waals surface area contributed by atoms with Gasteiger partial charge in [-0.05, 0) is 37.8 Å². The second kappa shape index (κ2) is 8.94. The number of benzene rings is 1. The number of carbonyl (C=O) groups is 2. The van der Waals surface area contributed by atoms with Crippen LogP contribution in [-0.4, -0.2) is 62.0 Å². The molecule has 2 amide bonds. The summed E-state index contributed by atoms with van der Waals surface area (Å²) in [6.45, 7) is 3.53. The second-order valence-electron chi connectivity index (χ2n) is 7.58. The van der Waals surface area contributed by atoms with Crippen molar-refractivity contribution in [1.29, 1.82) is 0 Å². The number of rotatable bonds is 6. The highest BCUT2D eigenvalue weighted by Crippen LogP contribution is 2.28. The van der Waals surface area contributed by atoms with E-state index in [9.17, 15) is 18.0 Å². The van der Waals surface area contributed by atoms with Gasteiger partial charge in [-0.25, -0.2) is 8.42 Å². The number of nitrogens with one attached hydrogen (secondary N) is 1. The van der Waals surface area contributed by atoms with Gasteiger partial charge in [0.25, 0.3) is 5.91 Å². The summed E-state index contributed by atoms with van der Waals surface area (Å²) in [5.74, 6) is 0.440. The van der Waals surface area contributed by atoms with E-state index in [-0.39, 0.29) is 17.6 Å². The molecule has 0 aromatic heterocycles. The van der Waals surface area contributed by atoms with E-state index in [1.54, 1.807) is 36.1 Å². The highest BCUT2D eigenvalue weighted by molar-refractivity contribution is 7.92. The van der Waals surface area contributed by atoms with Crippen LogP contribution < -0.4 is 4.72 Å². The van der Waals surface area contributed by atoms with Gasteiger partial charge in [-0.15, -0.1) is 0 Å². The maximum Gasteiger partial charge on any atom is 0.256 e. The van der Waals surface area contributed by atoms with Crippen molar-refractivity contribution >= 4 is 27.5 Å². The SMILES string of the molecule is CCS(=O)(=O)Nc1ccccc1C(=O)N1CCN(C(=O)CC2CCCC2)CC1. The molecule has 1 aromatic rings.